The van der Waals surface area contributed by atoms with Crippen molar-refractivity contribution in [1.29, 1.82) is 0 Å². The molecule has 0 radical (unpaired) electrons. The highest BCUT2D eigenvalue weighted by atomic mass is 16.4. The first kappa shape index (κ1) is 14.3. The third-order valence-corrected chi connectivity index (χ3v) is 3.26. The van der Waals surface area contributed by atoms with Gasteiger partial charge in [0.1, 0.15) is 0 Å². The van der Waals surface area contributed by atoms with Gasteiger partial charge in [-0.1, -0.05) is 6.92 Å². The number of nitrogens with zero attached hydrogens (tertiary/aromatic N) is 1. The normalized spacial score (nSPS) is 12.3. The lowest BCUT2D eigenvalue weighted by atomic mass is 10.1. The van der Waals surface area contributed by atoms with E-state index in [1.54, 1.807) is 18.2 Å². The van der Waals surface area contributed by atoms with Crippen LogP contribution in [0.25, 0.3) is 10.9 Å². The van der Waals surface area contributed by atoms with Crippen molar-refractivity contribution in [3.05, 3.63) is 35.5 Å². The van der Waals surface area contributed by atoms with E-state index < -0.39 is 5.97 Å². The molecule has 1 aromatic heterocycles. The molecule has 0 aliphatic carbocycles. The number of pyridine rings is 1. The molecule has 2 aromatic rings. The van der Waals surface area contributed by atoms with Crippen LogP contribution in [-0.2, 0) is 0 Å². The molecule has 3 N–H and O–H groups in total. The zero-order valence-electron chi connectivity index (χ0n) is 11.6. The van der Waals surface area contributed by atoms with Gasteiger partial charge in [-0.15, -0.1) is 0 Å². The molecule has 0 saturated heterocycles. The van der Waals surface area contributed by atoms with Crippen LogP contribution in [0.2, 0.25) is 0 Å². The molecule has 20 heavy (non-hydrogen) atoms. The highest BCUT2D eigenvalue weighted by Gasteiger charge is 2.11. The summed E-state index contributed by atoms with van der Waals surface area (Å²) in [4.78, 5) is 15.4. The average molecular weight is 274 g/mol. The van der Waals surface area contributed by atoms with Gasteiger partial charge >= 0.3 is 5.97 Å². The van der Waals surface area contributed by atoms with Gasteiger partial charge in [0, 0.05) is 22.8 Å². The van der Waals surface area contributed by atoms with Gasteiger partial charge < -0.3 is 15.5 Å². The van der Waals surface area contributed by atoms with E-state index in [9.17, 15) is 9.90 Å². The Bertz CT molecular complexity index is 636. The van der Waals surface area contributed by atoms with Crippen LogP contribution in [0, 0.1) is 6.92 Å². The van der Waals surface area contributed by atoms with Crippen LogP contribution in [0.15, 0.2) is 24.3 Å². The molecule has 5 nitrogen and oxygen atoms in total. The number of nitrogens with one attached hydrogen (secondary N) is 1. The molecule has 0 unspecified atom stereocenters. The smallest absolute Gasteiger partial charge is 0.335 e. The van der Waals surface area contributed by atoms with Gasteiger partial charge in [0.2, 0.25) is 0 Å². The summed E-state index contributed by atoms with van der Waals surface area (Å²) in [6.45, 7) is 3.90. The molecule has 1 atom stereocenters. The van der Waals surface area contributed by atoms with Crippen molar-refractivity contribution >= 4 is 22.6 Å². The second-order valence-electron chi connectivity index (χ2n) is 4.78. The highest BCUT2D eigenvalue weighted by Crippen LogP contribution is 2.25. The molecule has 1 aromatic carbocycles. The Kier molecular flexibility index (Phi) is 4.20. The standard InChI is InChI=1S/C15H18N2O3/c1-3-11(8-18)17-13-6-9(2)16-14-7-10(15(19)20)4-5-12(13)14/h4-7,11,18H,3,8H2,1-2H3,(H,16,17)(H,19,20)/t11-/m1/s1. The number of aliphatic hydroxyl groups is 1. The zero-order valence-corrected chi connectivity index (χ0v) is 11.6. The third-order valence-electron chi connectivity index (χ3n) is 3.26. The Morgan fingerprint density at radius 1 is 1.40 bits per heavy atom. The van der Waals surface area contributed by atoms with E-state index in [0.717, 1.165) is 23.2 Å². The van der Waals surface area contributed by atoms with Gasteiger partial charge in [0.05, 0.1) is 17.7 Å². The van der Waals surface area contributed by atoms with Crippen molar-refractivity contribution in [1.82, 2.24) is 4.98 Å². The molecule has 0 aliphatic rings. The summed E-state index contributed by atoms with van der Waals surface area (Å²) in [5, 5.41) is 22.4. The van der Waals surface area contributed by atoms with Crippen LogP contribution in [-0.4, -0.2) is 33.8 Å². The van der Waals surface area contributed by atoms with Gasteiger partial charge in [-0.25, -0.2) is 4.79 Å². The number of benzene rings is 1. The summed E-state index contributed by atoms with van der Waals surface area (Å²) in [6.07, 6.45) is 0.798. The maximum atomic E-state index is 11.0. The lowest BCUT2D eigenvalue weighted by Crippen LogP contribution is -2.22. The Balaban J connectivity index is 2.51. The second-order valence-corrected chi connectivity index (χ2v) is 4.78. The third kappa shape index (κ3) is 2.88. The van der Waals surface area contributed by atoms with Crippen molar-refractivity contribution in [3.8, 4) is 0 Å². The summed E-state index contributed by atoms with van der Waals surface area (Å²) < 4.78 is 0. The SMILES string of the molecule is CC[C@H](CO)Nc1cc(C)nc2cc(C(=O)O)ccc12. The zero-order chi connectivity index (χ0) is 14.7. The summed E-state index contributed by atoms with van der Waals surface area (Å²) in [7, 11) is 0. The van der Waals surface area contributed by atoms with Crippen molar-refractivity contribution in [2.24, 2.45) is 0 Å². The monoisotopic (exact) mass is 274 g/mol. The predicted octanol–water partition coefficient (Wildman–Crippen LogP) is 2.42. The molecule has 106 valence electrons. The first-order chi connectivity index (χ1) is 9.55. The van der Waals surface area contributed by atoms with Gasteiger partial charge in [-0.2, -0.15) is 0 Å². The van der Waals surface area contributed by atoms with E-state index in [1.807, 2.05) is 19.9 Å². The first-order valence-electron chi connectivity index (χ1n) is 6.57. The molecule has 2 rings (SSSR count). The lowest BCUT2D eigenvalue weighted by Gasteiger charge is -2.17. The van der Waals surface area contributed by atoms with Crippen LogP contribution in [0.1, 0.15) is 29.4 Å². The number of aromatic carboxylic acids is 1. The van der Waals surface area contributed by atoms with E-state index in [1.165, 1.54) is 0 Å². The fraction of sp³-hybridized carbons (Fsp3) is 0.333. The largest absolute Gasteiger partial charge is 0.478 e. The molecule has 0 aliphatic heterocycles. The average Bonchev–Trinajstić information content (AvgIpc) is 2.43. The van der Waals surface area contributed by atoms with E-state index >= 15 is 0 Å². The van der Waals surface area contributed by atoms with Gasteiger partial charge in [-0.05, 0) is 37.6 Å². The minimum Gasteiger partial charge on any atom is -0.478 e. The Labute approximate surface area is 117 Å². The number of hydrogen-bond acceptors (Lipinski definition) is 4. The summed E-state index contributed by atoms with van der Waals surface area (Å²) in [6, 6.07) is 6.75. The van der Waals surface area contributed by atoms with Gasteiger partial charge in [0.25, 0.3) is 0 Å². The van der Waals surface area contributed by atoms with E-state index in [4.69, 9.17) is 5.11 Å². The van der Waals surface area contributed by atoms with Crippen LogP contribution < -0.4 is 5.32 Å². The predicted molar refractivity (Wildman–Crippen MR) is 78.2 cm³/mol. The van der Waals surface area contributed by atoms with E-state index in [2.05, 4.69) is 10.3 Å². The van der Waals surface area contributed by atoms with Crippen molar-refractivity contribution < 1.29 is 15.0 Å². The minimum absolute atomic E-state index is 0.0286. The molecule has 0 amide bonds. The number of rotatable bonds is 5. The fourth-order valence-corrected chi connectivity index (χ4v) is 2.11. The number of carbonyl (C=O) groups is 1. The summed E-state index contributed by atoms with van der Waals surface area (Å²) >= 11 is 0. The minimum atomic E-state index is -0.966. The number of carboxylic acids is 1. The topological polar surface area (TPSA) is 82.5 Å². The Hall–Kier alpha value is -2.14. The molecular weight excluding hydrogens is 256 g/mol. The number of aromatic nitrogens is 1. The summed E-state index contributed by atoms with van der Waals surface area (Å²) in [5.41, 5.74) is 2.52. The van der Waals surface area contributed by atoms with E-state index in [0.29, 0.717) is 5.52 Å². The van der Waals surface area contributed by atoms with Gasteiger partial charge in [-0.3, -0.25) is 4.98 Å². The molecular formula is C15H18N2O3. The number of anilines is 1. The molecule has 0 spiro atoms. The van der Waals surface area contributed by atoms with Crippen molar-refractivity contribution in [2.45, 2.75) is 26.3 Å². The van der Waals surface area contributed by atoms with Crippen LogP contribution in [0.4, 0.5) is 5.69 Å². The number of aliphatic hydroxyl groups excluding tert-OH is 1. The first-order valence-corrected chi connectivity index (χ1v) is 6.57. The second kappa shape index (κ2) is 5.88. The maximum absolute atomic E-state index is 11.0. The number of hydrogen-bond donors (Lipinski definition) is 3. The van der Waals surface area contributed by atoms with Crippen LogP contribution in [0.5, 0.6) is 0 Å². The van der Waals surface area contributed by atoms with Crippen LogP contribution >= 0.6 is 0 Å². The number of fused-ring (bicyclic) bond motifs is 1. The van der Waals surface area contributed by atoms with Gasteiger partial charge in [0.15, 0.2) is 0 Å². The quantitative estimate of drug-likeness (QED) is 0.780. The highest BCUT2D eigenvalue weighted by molar-refractivity contribution is 5.97. The van der Waals surface area contributed by atoms with Crippen LogP contribution in [0.3, 0.4) is 0 Å². The van der Waals surface area contributed by atoms with Crippen molar-refractivity contribution in [3.63, 3.8) is 0 Å². The number of aryl methyl sites for hydroxylation is 1. The van der Waals surface area contributed by atoms with E-state index in [-0.39, 0.29) is 18.2 Å². The molecule has 1 heterocycles. The molecule has 0 saturated carbocycles. The molecule has 0 fully saturated rings. The molecule has 0 bridgehead atoms. The Morgan fingerprint density at radius 3 is 2.75 bits per heavy atom. The molecule has 5 heteroatoms. The maximum Gasteiger partial charge on any atom is 0.335 e. The fourth-order valence-electron chi connectivity index (χ4n) is 2.11. The Morgan fingerprint density at radius 2 is 2.15 bits per heavy atom. The summed E-state index contributed by atoms with van der Waals surface area (Å²) in [5.74, 6) is -0.966. The number of carboxylic acid groups (broad SMARTS) is 1. The van der Waals surface area contributed by atoms with Crippen molar-refractivity contribution in [2.75, 3.05) is 11.9 Å². The lowest BCUT2D eigenvalue weighted by molar-refractivity contribution is 0.0697.